The lowest BCUT2D eigenvalue weighted by atomic mass is 10.1. The predicted molar refractivity (Wildman–Crippen MR) is 84.3 cm³/mol. The molecule has 3 atom stereocenters. The predicted octanol–water partition coefficient (Wildman–Crippen LogP) is 4.00. The third-order valence-electron chi connectivity index (χ3n) is 3.24. The molecule has 0 bridgehead atoms. The highest BCUT2D eigenvalue weighted by molar-refractivity contribution is 7.85. The molecule has 0 spiro atoms. The topological polar surface area (TPSA) is 29.1 Å². The summed E-state index contributed by atoms with van der Waals surface area (Å²) in [6, 6.07) is 7.68. The number of rotatable bonds is 8. The Kier molecular flexibility index (Phi) is 7.66. The van der Waals surface area contributed by atoms with Crippen molar-refractivity contribution >= 4 is 22.4 Å². The van der Waals surface area contributed by atoms with Gasteiger partial charge in [-0.15, -0.1) is 0 Å². The Morgan fingerprint density at radius 2 is 1.84 bits per heavy atom. The molecule has 0 radical (unpaired) electrons. The van der Waals surface area contributed by atoms with Gasteiger partial charge in [-0.1, -0.05) is 38.8 Å². The first kappa shape index (κ1) is 16.7. The van der Waals surface area contributed by atoms with Crippen LogP contribution in [0.5, 0.6) is 0 Å². The molecule has 0 saturated carbocycles. The summed E-state index contributed by atoms with van der Waals surface area (Å²) in [5.74, 6) is 0. The molecule has 2 nitrogen and oxygen atoms in total. The lowest BCUT2D eigenvalue weighted by Crippen LogP contribution is -2.41. The van der Waals surface area contributed by atoms with Gasteiger partial charge in [0.05, 0.1) is 16.0 Å². The summed E-state index contributed by atoms with van der Waals surface area (Å²) >= 11 is 5.88. The molecule has 0 aliphatic carbocycles. The van der Waals surface area contributed by atoms with Crippen molar-refractivity contribution in [2.45, 2.75) is 56.2 Å². The number of halogens is 1. The second-order valence-electron chi connectivity index (χ2n) is 4.65. The zero-order valence-electron chi connectivity index (χ0n) is 12.0. The van der Waals surface area contributed by atoms with E-state index in [0.717, 1.165) is 30.7 Å². The van der Waals surface area contributed by atoms with Gasteiger partial charge in [-0.05, 0) is 43.7 Å². The molecule has 0 aliphatic rings. The summed E-state index contributed by atoms with van der Waals surface area (Å²) in [4.78, 5) is 0.871. The lowest BCUT2D eigenvalue weighted by Gasteiger charge is -2.26. The van der Waals surface area contributed by atoms with Crippen molar-refractivity contribution in [2.24, 2.45) is 0 Å². The third-order valence-corrected chi connectivity index (χ3v) is 5.44. The minimum Gasteiger partial charge on any atom is -0.313 e. The zero-order valence-corrected chi connectivity index (χ0v) is 13.6. The van der Waals surface area contributed by atoms with E-state index in [2.05, 4.69) is 26.1 Å². The van der Waals surface area contributed by atoms with Gasteiger partial charge < -0.3 is 5.32 Å². The van der Waals surface area contributed by atoms with E-state index in [1.807, 2.05) is 24.3 Å². The Hall–Kier alpha value is -0.380. The van der Waals surface area contributed by atoms with Crippen molar-refractivity contribution in [2.75, 3.05) is 6.54 Å². The van der Waals surface area contributed by atoms with Crippen LogP contribution in [-0.2, 0) is 10.8 Å². The standard InChI is InChI=1S/C15H24ClNOS/c1-4-7-14(17-6-3)15(5-2)19(18)13-10-8-12(16)9-11-13/h8-11,14-15,17H,4-7H2,1-3H3. The average molecular weight is 302 g/mol. The molecular formula is C15H24ClNOS. The number of hydrogen-bond acceptors (Lipinski definition) is 2. The van der Waals surface area contributed by atoms with Crippen LogP contribution >= 0.6 is 11.6 Å². The summed E-state index contributed by atoms with van der Waals surface area (Å²) in [6.07, 6.45) is 3.07. The molecular weight excluding hydrogens is 278 g/mol. The fraction of sp³-hybridized carbons (Fsp3) is 0.600. The quantitative estimate of drug-likeness (QED) is 0.786. The van der Waals surface area contributed by atoms with Crippen molar-refractivity contribution in [1.82, 2.24) is 5.32 Å². The molecule has 1 aromatic carbocycles. The van der Waals surface area contributed by atoms with Crippen LogP contribution in [0.4, 0.5) is 0 Å². The van der Waals surface area contributed by atoms with Gasteiger partial charge in [0, 0.05) is 16.0 Å². The molecule has 0 aliphatic heterocycles. The molecule has 4 heteroatoms. The van der Waals surface area contributed by atoms with Gasteiger partial charge in [-0.2, -0.15) is 0 Å². The van der Waals surface area contributed by atoms with Crippen molar-refractivity contribution < 1.29 is 4.21 Å². The van der Waals surface area contributed by atoms with Gasteiger partial charge in [0.25, 0.3) is 0 Å². The van der Waals surface area contributed by atoms with E-state index in [-0.39, 0.29) is 5.25 Å². The fourth-order valence-electron chi connectivity index (χ4n) is 2.32. The van der Waals surface area contributed by atoms with Crippen LogP contribution in [0, 0.1) is 0 Å². The summed E-state index contributed by atoms with van der Waals surface area (Å²) < 4.78 is 12.7. The number of nitrogens with one attached hydrogen (secondary N) is 1. The zero-order chi connectivity index (χ0) is 14.3. The normalized spacial score (nSPS) is 16.0. The maximum atomic E-state index is 12.7. The minimum atomic E-state index is -0.984. The van der Waals surface area contributed by atoms with Crippen molar-refractivity contribution in [3.8, 4) is 0 Å². The van der Waals surface area contributed by atoms with Crippen molar-refractivity contribution in [3.63, 3.8) is 0 Å². The Morgan fingerprint density at radius 1 is 1.21 bits per heavy atom. The van der Waals surface area contributed by atoms with Gasteiger partial charge in [-0.3, -0.25) is 4.21 Å². The molecule has 19 heavy (non-hydrogen) atoms. The van der Waals surface area contributed by atoms with E-state index in [1.54, 1.807) is 0 Å². The summed E-state index contributed by atoms with van der Waals surface area (Å²) in [5.41, 5.74) is 0. The van der Waals surface area contributed by atoms with Gasteiger partial charge >= 0.3 is 0 Å². The highest BCUT2D eigenvalue weighted by atomic mass is 35.5. The van der Waals surface area contributed by atoms with Crippen LogP contribution in [0.25, 0.3) is 0 Å². The van der Waals surface area contributed by atoms with E-state index in [4.69, 9.17) is 11.6 Å². The first-order valence-electron chi connectivity index (χ1n) is 7.03. The molecule has 1 aromatic rings. The van der Waals surface area contributed by atoms with Crippen LogP contribution in [-0.4, -0.2) is 22.0 Å². The maximum absolute atomic E-state index is 12.7. The summed E-state index contributed by atoms with van der Waals surface area (Å²) in [6.45, 7) is 7.29. The maximum Gasteiger partial charge on any atom is 0.0576 e. The molecule has 108 valence electrons. The molecule has 1 N–H and O–H groups in total. The first-order chi connectivity index (χ1) is 9.13. The van der Waals surface area contributed by atoms with Crippen molar-refractivity contribution in [3.05, 3.63) is 29.3 Å². The van der Waals surface area contributed by atoms with Crippen molar-refractivity contribution in [1.29, 1.82) is 0 Å². The molecule has 0 saturated heterocycles. The smallest absolute Gasteiger partial charge is 0.0576 e. The molecule has 0 heterocycles. The van der Waals surface area contributed by atoms with Gasteiger partial charge in [0.2, 0.25) is 0 Å². The fourth-order valence-corrected chi connectivity index (χ4v) is 4.03. The van der Waals surface area contributed by atoms with E-state index in [1.165, 1.54) is 0 Å². The number of hydrogen-bond donors (Lipinski definition) is 1. The van der Waals surface area contributed by atoms with Gasteiger partial charge in [0.1, 0.15) is 0 Å². The summed E-state index contributed by atoms with van der Waals surface area (Å²) in [5, 5.41) is 4.32. The van der Waals surface area contributed by atoms with Gasteiger partial charge in [-0.25, -0.2) is 0 Å². The van der Waals surface area contributed by atoms with E-state index in [0.29, 0.717) is 11.1 Å². The Balaban J connectivity index is 2.87. The van der Waals surface area contributed by atoms with Crippen LogP contribution in [0.3, 0.4) is 0 Å². The first-order valence-corrected chi connectivity index (χ1v) is 8.62. The lowest BCUT2D eigenvalue weighted by molar-refractivity contribution is 0.458. The largest absolute Gasteiger partial charge is 0.313 e. The Morgan fingerprint density at radius 3 is 2.32 bits per heavy atom. The SMILES string of the molecule is CCCC(NCC)C(CC)S(=O)c1ccc(Cl)cc1. The Bertz CT molecular complexity index is 388. The molecule has 0 aromatic heterocycles. The highest BCUT2D eigenvalue weighted by Crippen LogP contribution is 2.21. The van der Waals surface area contributed by atoms with Crippen LogP contribution in [0.1, 0.15) is 40.0 Å². The number of benzene rings is 1. The van der Waals surface area contributed by atoms with Crippen LogP contribution < -0.4 is 5.32 Å². The van der Waals surface area contributed by atoms with Crippen LogP contribution in [0.15, 0.2) is 29.2 Å². The van der Waals surface area contributed by atoms with Gasteiger partial charge in [0.15, 0.2) is 0 Å². The molecule has 3 unspecified atom stereocenters. The van der Waals surface area contributed by atoms with E-state index < -0.39 is 10.8 Å². The van der Waals surface area contributed by atoms with E-state index >= 15 is 0 Å². The monoisotopic (exact) mass is 301 g/mol. The molecule has 0 fully saturated rings. The molecule has 0 amide bonds. The second kappa shape index (κ2) is 8.72. The van der Waals surface area contributed by atoms with Crippen LogP contribution in [0.2, 0.25) is 5.02 Å². The minimum absolute atomic E-state index is 0.154. The Labute approximate surface area is 124 Å². The second-order valence-corrected chi connectivity index (χ2v) is 6.76. The van der Waals surface area contributed by atoms with E-state index in [9.17, 15) is 4.21 Å². The molecule has 1 rings (SSSR count). The average Bonchev–Trinajstić information content (AvgIpc) is 2.40. The highest BCUT2D eigenvalue weighted by Gasteiger charge is 2.25. The summed E-state index contributed by atoms with van der Waals surface area (Å²) in [7, 11) is -0.984. The third kappa shape index (κ3) is 4.90.